The van der Waals surface area contributed by atoms with Crippen molar-refractivity contribution in [3.63, 3.8) is 0 Å². The fraction of sp³-hybridized carbons (Fsp3) is 0.176. The summed E-state index contributed by atoms with van der Waals surface area (Å²) in [6.45, 7) is 0. The molecule has 0 N–H and O–H groups in total. The van der Waals surface area contributed by atoms with Crippen LogP contribution in [0.4, 0.5) is 0 Å². The van der Waals surface area contributed by atoms with Gasteiger partial charge in [-0.15, -0.1) is 0 Å². The van der Waals surface area contributed by atoms with Gasteiger partial charge in [-0.3, -0.25) is 0 Å². The Kier molecular flexibility index (Phi) is 5.60. The average Bonchev–Trinajstić information content (AvgIpc) is 2.51. The molecule has 0 fully saturated rings. The molecule has 104 valence electrons. The van der Waals surface area contributed by atoms with Crippen LogP contribution in [0.25, 0.3) is 0 Å². The Balaban J connectivity index is 2.24. The van der Waals surface area contributed by atoms with Crippen molar-refractivity contribution in [3.8, 4) is 12.1 Å². The zero-order valence-corrected chi connectivity index (χ0v) is 15.5. The minimum atomic E-state index is -1.01. The quantitative estimate of drug-likeness (QED) is 0.574. The van der Waals surface area contributed by atoms with Crippen LogP contribution in [0.3, 0.4) is 0 Å². The van der Waals surface area contributed by atoms with E-state index in [9.17, 15) is 10.5 Å². The number of benzene rings is 2. The van der Waals surface area contributed by atoms with E-state index in [-0.39, 0.29) is 0 Å². The number of nitrogens with zero attached hydrogens (tertiary/aromatic N) is 2. The topological polar surface area (TPSA) is 47.6 Å². The predicted octanol–water partition coefficient (Wildman–Crippen LogP) is 4.71. The molecule has 0 atom stereocenters. The van der Waals surface area contributed by atoms with Gasteiger partial charge in [0.25, 0.3) is 0 Å². The molecule has 0 spiro atoms. The second-order valence-corrected chi connectivity index (χ2v) is 7.40. The molecule has 0 bridgehead atoms. The summed E-state index contributed by atoms with van der Waals surface area (Å²) in [6, 6.07) is 20.4. The Labute approximate surface area is 152 Å². The summed E-state index contributed by atoms with van der Waals surface area (Å²) in [5.41, 5.74) is 1.02. The highest BCUT2D eigenvalue weighted by Crippen LogP contribution is 2.27. The highest BCUT2D eigenvalue weighted by Gasteiger charge is 2.30. The van der Waals surface area contributed by atoms with Crippen molar-refractivity contribution in [3.05, 3.63) is 66.8 Å². The first-order chi connectivity index (χ1) is 10.1. The van der Waals surface area contributed by atoms with Crippen molar-refractivity contribution >= 4 is 45.2 Å². The third-order valence-electron chi connectivity index (χ3n) is 3.27. The first-order valence-corrected chi connectivity index (χ1v) is 8.54. The van der Waals surface area contributed by atoms with Crippen molar-refractivity contribution in [2.75, 3.05) is 0 Å². The fourth-order valence-corrected chi connectivity index (χ4v) is 2.87. The molecule has 4 heteroatoms. The molecule has 2 rings (SSSR count). The second kappa shape index (κ2) is 7.24. The number of halogens is 2. The number of nitriles is 2. The Morgan fingerprint density at radius 2 is 1.05 bits per heavy atom. The Morgan fingerprint density at radius 3 is 1.33 bits per heavy atom. The van der Waals surface area contributed by atoms with Gasteiger partial charge >= 0.3 is 0 Å². The lowest BCUT2D eigenvalue weighted by Crippen LogP contribution is -2.22. The molecule has 0 aliphatic carbocycles. The summed E-state index contributed by atoms with van der Waals surface area (Å²) in [4.78, 5) is 0. The number of hydrogen-bond donors (Lipinski definition) is 0. The van der Waals surface area contributed by atoms with Crippen LogP contribution in [0, 0.1) is 35.2 Å². The van der Waals surface area contributed by atoms with E-state index in [0.717, 1.165) is 18.3 Å². The third kappa shape index (κ3) is 4.42. The Hall–Kier alpha value is -1.12. The lowest BCUT2D eigenvalue weighted by molar-refractivity contribution is 0.515. The molecule has 2 nitrogen and oxygen atoms in total. The van der Waals surface area contributed by atoms with Crippen molar-refractivity contribution in [1.29, 1.82) is 10.5 Å². The predicted molar refractivity (Wildman–Crippen MR) is 99.4 cm³/mol. The van der Waals surface area contributed by atoms with E-state index in [1.54, 1.807) is 0 Å². The zero-order chi connectivity index (χ0) is 15.3. The molecule has 0 aliphatic rings. The van der Waals surface area contributed by atoms with Crippen molar-refractivity contribution in [1.82, 2.24) is 0 Å². The van der Waals surface area contributed by atoms with Gasteiger partial charge < -0.3 is 0 Å². The van der Waals surface area contributed by atoms with Crippen LogP contribution < -0.4 is 0 Å². The molecule has 2 aromatic rings. The molecular weight excluding hydrogens is 486 g/mol. The van der Waals surface area contributed by atoms with Crippen LogP contribution in [0.5, 0.6) is 0 Å². The van der Waals surface area contributed by atoms with Gasteiger partial charge in [0.1, 0.15) is 0 Å². The van der Waals surface area contributed by atoms with Gasteiger partial charge in [-0.05, 0) is 80.6 Å². The Morgan fingerprint density at radius 1 is 0.714 bits per heavy atom. The minimum Gasteiger partial charge on any atom is -0.197 e. The van der Waals surface area contributed by atoms with Crippen molar-refractivity contribution < 1.29 is 0 Å². The molecule has 0 aliphatic heterocycles. The van der Waals surface area contributed by atoms with Gasteiger partial charge in [0.2, 0.25) is 0 Å². The van der Waals surface area contributed by atoms with Crippen LogP contribution in [-0.4, -0.2) is 0 Å². The molecule has 0 unspecified atom stereocenters. The highest BCUT2D eigenvalue weighted by atomic mass is 127. The van der Waals surface area contributed by atoms with E-state index in [1.807, 2.05) is 48.5 Å². The highest BCUT2D eigenvalue weighted by molar-refractivity contribution is 14.1. The van der Waals surface area contributed by atoms with Crippen LogP contribution in [0.1, 0.15) is 11.1 Å². The maximum Gasteiger partial charge on any atom is 0.151 e. The second-order valence-electron chi connectivity index (χ2n) is 4.91. The Bertz CT molecular complexity index is 628. The van der Waals surface area contributed by atoms with Gasteiger partial charge in [0, 0.05) is 20.0 Å². The maximum absolute atomic E-state index is 9.53. The van der Waals surface area contributed by atoms with E-state index < -0.39 is 5.41 Å². The van der Waals surface area contributed by atoms with Crippen LogP contribution >= 0.6 is 45.2 Å². The number of rotatable bonds is 4. The molecule has 0 heterocycles. The van der Waals surface area contributed by atoms with E-state index >= 15 is 0 Å². The smallest absolute Gasteiger partial charge is 0.151 e. The van der Waals surface area contributed by atoms with Crippen molar-refractivity contribution in [2.45, 2.75) is 12.8 Å². The van der Waals surface area contributed by atoms with E-state index in [2.05, 4.69) is 57.3 Å². The van der Waals surface area contributed by atoms with E-state index in [1.165, 1.54) is 0 Å². The van der Waals surface area contributed by atoms with Gasteiger partial charge in [-0.25, -0.2) is 0 Å². The molecule has 2 aromatic carbocycles. The summed E-state index contributed by atoms with van der Waals surface area (Å²) in [7, 11) is 0. The van der Waals surface area contributed by atoms with Crippen LogP contribution in [0.15, 0.2) is 48.5 Å². The summed E-state index contributed by atoms with van der Waals surface area (Å²) in [6.07, 6.45) is 0.895. The zero-order valence-electron chi connectivity index (χ0n) is 11.2. The van der Waals surface area contributed by atoms with Gasteiger partial charge in [0.05, 0.1) is 12.1 Å². The molecule has 0 aromatic heterocycles. The summed E-state index contributed by atoms with van der Waals surface area (Å²) < 4.78 is 2.29. The lowest BCUT2D eigenvalue weighted by Gasteiger charge is -2.19. The summed E-state index contributed by atoms with van der Waals surface area (Å²) in [5.74, 6) is 0. The summed E-state index contributed by atoms with van der Waals surface area (Å²) >= 11 is 4.49. The van der Waals surface area contributed by atoms with Gasteiger partial charge in [-0.2, -0.15) is 10.5 Å². The van der Waals surface area contributed by atoms with E-state index in [0.29, 0.717) is 12.8 Å². The monoisotopic (exact) mass is 498 g/mol. The fourth-order valence-electron chi connectivity index (χ4n) is 2.15. The first-order valence-electron chi connectivity index (χ1n) is 6.38. The molecule has 0 radical (unpaired) electrons. The largest absolute Gasteiger partial charge is 0.197 e. The van der Waals surface area contributed by atoms with Crippen LogP contribution in [-0.2, 0) is 12.8 Å². The SMILES string of the molecule is N#CC(C#N)(Cc1ccc(I)cc1)Cc1ccc(I)cc1. The average molecular weight is 498 g/mol. The van der Waals surface area contributed by atoms with Crippen LogP contribution in [0.2, 0.25) is 0 Å². The van der Waals surface area contributed by atoms with Gasteiger partial charge in [0.15, 0.2) is 5.41 Å². The normalized spacial score (nSPS) is 10.7. The molecule has 0 saturated heterocycles. The third-order valence-corrected chi connectivity index (χ3v) is 4.70. The van der Waals surface area contributed by atoms with Gasteiger partial charge in [-0.1, -0.05) is 24.3 Å². The molecular formula is C17H12I2N2. The molecule has 21 heavy (non-hydrogen) atoms. The standard InChI is InChI=1S/C17H12I2N2/c18-15-5-1-13(2-6-15)9-17(11-20,12-21)10-14-3-7-16(19)8-4-14/h1-8H,9-10H2. The van der Waals surface area contributed by atoms with Crippen molar-refractivity contribution in [2.24, 2.45) is 5.41 Å². The molecule has 0 saturated carbocycles. The number of hydrogen-bond acceptors (Lipinski definition) is 2. The first kappa shape index (κ1) is 16.3. The minimum absolute atomic E-state index is 0.447. The maximum atomic E-state index is 9.53. The lowest BCUT2D eigenvalue weighted by atomic mass is 9.79. The molecule has 0 amide bonds. The van der Waals surface area contributed by atoms with E-state index in [4.69, 9.17) is 0 Å². The summed E-state index contributed by atoms with van der Waals surface area (Å²) in [5, 5.41) is 19.1.